The first-order chi connectivity index (χ1) is 7.27. The molecule has 1 heterocycles. The van der Waals surface area contributed by atoms with Gasteiger partial charge in [-0.2, -0.15) is 0 Å². The van der Waals surface area contributed by atoms with Gasteiger partial charge in [0, 0.05) is 19.0 Å². The summed E-state index contributed by atoms with van der Waals surface area (Å²) in [7, 11) is 0. The van der Waals surface area contributed by atoms with E-state index < -0.39 is 0 Å². The van der Waals surface area contributed by atoms with E-state index in [-0.39, 0.29) is 0 Å². The van der Waals surface area contributed by atoms with Crippen LogP contribution in [-0.4, -0.2) is 23.9 Å². The summed E-state index contributed by atoms with van der Waals surface area (Å²) in [6.45, 7) is 4.31. The summed E-state index contributed by atoms with van der Waals surface area (Å²) >= 11 is 0. The van der Waals surface area contributed by atoms with Gasteiger partial charge in [-0.3, -0.25) is 4.79 Å². The van der Waals surface area contributed by atoms with Gasteiger partial charge in [-0.15, -0.1) is 0 Å². The number of likely N-dealkylation sites (tertiary alicyclic amines) is 1. The average Bonchev–Trinajstić information content (AvgIpc) is 2.30. The van der Waals surface area contributed by atoms with E-state index in [1.165, 1.54) is 32.1 Å². The number of hydrogen-bond donors (Lipinski definition) is 0. The number of rotatable bonds is 1. The van der Waals surface area contributed by atoms with Crippen LogP contribution >= 0.6 is 0 Å². The van der Waals surface area contributed by atoms with Crippen molar-refractivity contribution >= 4 is 5.91 Å². The van der Waals surface area contributed by atoms with Crippen LogP contribution in [0.2, 0.25) is 0 Å². The third kappa shape index (κ3) is 2.73. The second-order valence-electron chi connectivity index (χ2n) is 5.34. The van der Waals surface area contributed by atoms with E-state index in [0.717, 1.165) is 31.8 Å². The Kier molecular flexibility index (Phi) is 3.66. The van der Waals surface area contributed by atoms with Crippen molar-refractivity contribution in [3.63, 3.8) is 0 Å². The van der Waals surface area contributed by atoms with Crippen LogP contribution in [0.4, 0.5) is 0 Å². The van der Waals surface area contributed by atoms with Crippen molar-refractivity contribution in [3.05, 3.63) is 0 Å². The van der Waals surface area contributed by atoms with Crippen LogP contribution in [0.15, 0.2) is 0 Å². The number of amides is 1. The van der Waals surface area contributed by atoms with Crippen LogP contribution < -0.4 is 0 Å². The first-order valence-corrected chi connectivity index (χ1v) is 6.56. The lowest BCUT2D eigenvalue weighted by Gasteiger charge is -2.34. The molecule has 0 aromatic heterocycles. The van der Waals surface area contributed by atoms with E-state index in [0.29, 0.717) is 11.8 Å². The van der Waals surface area contributed by atoms with Gasteiger partial charge in [0.05, 0.1) is 0 Å². The van der Waals surface area contributed by atoms with Crippen LogP contribution in [0.5, 0.6) is 0 Å². The molecule has 2 aliphatic rings. The summed E-state index contributed by atoms with van der Waals surface area (Å²) in [6.07, 6.45) is 8.56. The molecule has 2 heteroatoms. The molecular weight excluding hydrogens is 186 g/mol. The molecule has 1 amide bonds. The van der Waals surface area contributed by atoms with Crippen LogP contribution in [-0.2, 0) is 4.79 Å². The Morgan fingerprint density at radius 3 is 2.20 bits per heavy atom. The Hall–Kier alpha value is -0.530. The van der Waals surface area contributed by atoms with Gasteiger partial charge < -0.3 is 4.90 Å². The predicted octanol–water partition coefficient (Wildman–Crippen LogP) is 2.83. The molecule has 0 unspecified atom stereocenters. The molecule has 86 valence electrons. The maximum atomic E-state index is 12.2. The number of carbonyl (C=O) groups excluding carboxylic acids is 1. The minimum absolute atomic E-state index is 0.368. The highest BCUT2D eigenvalue weighted by molar-refractivity contribution is 5.79. The van der Waals surface area contributed by atoms with Crippen LogP contribution in [0, 0.1) is 11.8 Å². The van der Waals surface area contributed by atoms with Gasteiger partial charge in [0.25, 0.3) is 0 Å². The van der Waals surface area contributed by atoms with Crippen molar-refractivity contribution in [1.82, 2.24) is 4.90 Å². The van der Waals surface area contributed by atoms with E-state index in [2.05, 4.69) is 11.8 Å². The minimum Gasteiger partial charge on any atom is -0.342 e. The highest BCUT2D eigenvalue weighted by Gasteiger charge is 2.27. The molecule has 2 fully saturated rings. The fourth-order valence-electron chi connectivity index (χ4n) is 2.84. The first-order valence-electron chi connectivity index (χ1n) is 6.56. The zero-order valence-corrected chi connectivity index (χ0v) is 9.87. The van der Waals surface area contributed by atoms with Crippen molar-refractivity contribution in [2.45, 2.75) is 51.9 Å². The number of nitrogens with zero attached hydrogens (tertiary/aromatic N) is 1. The fourth-order valence-corrected chi connectivity index (χ4v) is 2.84. The summed E-state index contributed by atoms with van der Waals surface area (Å²) < 4.78 is 0. The molecular formula is C13H23NO. The van der Waals surface area contributed by atoms with Crippen molar-refractivity contribution in [2.24, 2.45) is 11.8 Å². The summed E-state index contributed by atoms with van der Waals surface area (Å²) in [5.41, 5.74) is 0. The highest BCUT2D eigenvalue weighted by atomic mass is 16.2. The summed E-state index contributed by atoms with van der Waals surface area (Å²) in [5, 5.41) is 0. The third-order valence-corrected chi connectivity index (χ3v) is 4.05. The lowest BCUT2D eigenvalue weighted by atomic mass is 9.87. The molecule has 2 rings (SSSR count). The Morgan fingerprint density at radius 2 is 1.60 bits per heavy atom. The molecule has 0 spiro atoms. The van der Waals surface area contributed by atoms with E-state index in [1.807, 2.05) is 0 Å². The number of piperidine rings is 1. The zero-order valence-electron chi connectivity index (χ0n) is 9.87. The highest BCUT2D eigenvalue weighted by Crippen LogP contribution is 2.27. The summed E-state index contributed by atoms with van der Waals surface area (Å²) in [6, 6.07) is 0. The predicted molar refractivity (Wildman–Crippen MR) is 61.6 cm³/mol. The molecule has 0 aromatic carbocycles. The fraction of sp³-hybridized carbons (Fsp3) is 0.923. The minimum atomic E-state index is 0.368. The van der Waals surface area contributed by atoms with Gasteiger partial charge in [0.15, 0.2) is 0 Å². The Bertz CT molecular complexity index is 213. The normalized spacial score (nSPS) is 25.5. The van der Waals surface area contributed by atoms with Gasteiger partial charge in [-0.1, -0.05) is 26.2 Å². The van der Waals surface area contributed by atoms with E-state index >= 15 is 0 Å². The molecule has 0 N–H and O–H groups in total. The largest absolute Gasteiger partial charge is 0.342 e. The quantitative estimate of drug-likeness (QED) is 0.650. The third-order valence-electron chi connectivity index (χ3n) is 4.05. The Balaban J connectivity index is 1.84. The van der Waals surface area contributed by atoms with Crippen molar-refractivity contribution < 1.29 is 4.79 Å². The molecule has 0 radical (unpaired) electrons. The molecule has 0 aromatic rings. The smallest absolute Gasteiger partial charge is 0.225 e. The monoisotopic (exact) mass is 209 g/mol. The summed E-state index contributed by atoms with van der Waals surface area (Å²) in [4.78, 5) is 14.3. The molecule has 1 aliphatic carbocycles. The number of carbonyl (C=O) groups is 1. The summed E-state index contributed by atoms with van der Waals surface area (Å²) in [5.74, 6) is 1.65. The molecule has 15 heavy (non-hydrogen) atoms. The molecule has 1 saturated carbocycles. The van der Waals surface area contributed by atoms with Crippen LogP contribution in [0.1, 0.15) is 51.9 Å². The second kappa shape index (κ2) is 5.00. The van der Waals surface area contributed by atoms with Crippen molar-refractivity contribution in [3.8, 4) is 0 Å². The van der Waals surface area contributed by atoms with E-state index in [1.54, 1.807) is 0 Å². The maximum Gasteiger partial charge on any atom is 0.225 e. The van der Waals surface area contributed by atoms with E-state index in [4.69, 9.17) is 0 Å². The lowest BCUT2D eigenvalue weighted by Crippen LogP contribution is -2.41. The Labute approximate surface area is 93.0 Å². The standard InChI is InChI=1S/C13H23NO/c1-11-7-9-14(10-8-11)13(15)12-5-3-2-4-6-12/h11-12H,2-10H2,1H3. The first kappa shape index (κ1) is 11.0. The SMILES string of the molecule is CC1CCN(C(=O)C2CCCCC2)CC1. The lowest BCUT2D eigenvalue weighted by molar-refractivity contribution is -0.137. The van der Waals surface area contributed by atoms with Crippen LogP contribution in [0.3, 0.4) is 0 Å². The average molecular weight is 209 g/mol. The van der Waals surface area contributed by atoms with Gasteiger partial charge in [-0.25, -0.2) is 0 Å². The maximum absolute atomic E-state index is 12.2. The van der Waals surface area contributed by atoms with Crippen molar-refractivity contribution in [1.29, 1.82) is 0 Å². The Morgan fingerprint density at radius 1 is 1.00 bits per heavy atom. The second-order valence-corrected chi connectivity index (χ2v) is 5.34. The van der Waals surface area contributed by atoms with E-state index in [9.17, 15) is 4.79 Å². The molecule has 1 aliphatic heterocycles. The van der Waals surface area contributed by atoms with Gasteiger partial charge in [0.1, 0.15) is 0 Å². The molecule has 0 bridgehead atoms. The van der Waals surface area contributed by atoms with Gasteiger partial charge in [-0.05, 0) is 31.6 Å². The molecule has 2 nitrogen and oxygen atoms in total. The number of hydrogen-bond acceptors (Lipinski definition) is 1. The molecule has 0 atom stereocenters. The topological polar surface area (TPSA) is 20.3 Å². The van der Waals surface area contributed by atoms with Gasteiger partial charge in [0.2, 0.25) is 5.91 Å². The van der Waals surface area contributed by atoms with Gasteiger partial charge >= 0.3 is 0 Å². The van der Waals surface area contributed by atoms with Crippen LogP contribution in [0.25, 0.3) is 0 Å². The molecule has 1 saturated heterocycles. The van der Waals surface area contributed by atoms with Crippen molar-refractivity contribution in [2.75, 3.05) is 13.1 Å². The zero-order chi connectivity index (χ0) is 10.7.